The number of hydrogen-bond donors (Lipinski definition) is 1. The molecule has 0 heterocycles. The van der Waals surface area contributed by atoms with Crippen molar-refractivity contribution >= 4 is 29.5 Å². The van der Waals surface area contributed by atoms with Crippen molar-refractivity contribution in [2.45, 2.75) is 0 Å². The molecule has 0 bridgehead atoms. The van der Waals surface area contributed by atoms with Crippen LogP contribution in [0.15, 0.2) is 53.7 Å². The highest BCUT2D eigenvalue weighted by Gasteiger charge is 2.10. The SMILES string of the molecule is COc1ccc(/C=N\OCC(=O)OCC(=O)Nc2cccc([N+](=O)[O-])c2)cc1. The lowest BCUT2D eigenvalue weighted by Crippen LogP contribution is -2.22. The Labute approximate surface area is 159 Å². The maximum absolute atomic E-state index is 11.7. The number of esters is 1. The first-order valence-corrected chi connectivity index (χ1v) is 7.97. The van der Waals surface area contributed by atoms with Gasteiger partial charge in [0.05, 0.1) is 18.2 Å². The lowest BCUT2D eigenvalue weighted by molar-refractivity contribution is -0.384. The van der Waals surface area contributed by atoms with Gasteiger partial charge in [0, 0.05) is 17.8 Å². The first-order chi connectivity index (χ1) is 13.5. The minimum Gasteiger partial charge on any atom is -0.497 e. The van der Waals surface area contributed by atoms with Gasteiger partial charge in [0.1, 0.15) is 5.75 Å². The topological polar surface area (TPSA) is 129 Å². The highest BCUT2D eigenvalue weighted by atomic mass is 16.7. The summed E-state index contributed by atoms with van der Waals surface area (Å²) in [7, 11) is 1.56. The van der Waals surface area contributed by atoms with Crippen LogP contribution >= 0.6 is 0 Å². The van der Waals surface area contributed by atoms with E-state index >= 15 is 0 Å². The molecule has 1 N–H and O–H groups in total. The number of nitrogens with zero attached hydrogens (tertiary/aromatic N) is 2. The number of nitrogens with one attached hydrogen (secondary N) is 1. The molecule has 0 spiro atoms. The zero-order valence-corrected chi connectivity index (χ0v) is 14.9. The Hall–Kier alpha value is -3.95. The number of ether oxygens (including phenoxy) is 2. The van der Waals surface area contributed by atoms with Crippen molar-refractivity contribution in [3.63, 3.8) is 0 Å². The number of nitro groups is 1. The molecule has 0 unspecified atom stereocenters. The van der Waals surface area contributed by atoms with Crippen molar-refractivity contribution < 1.29 is 28.8 Å². The standard InChI is InChI=1S/C18H17N3O7/c1-26-16-7-5-13(6-8-16)10-19-28-12-18(23)27-11-17(22)20-14-3-2-4-15(9-14)21(24)25/h2-10H,11-12H2,1H3,(H,20,22)/b19-10-. The van der Waals surface area contributed by atoms with Gasteiger partial charge in [0.2, 0.25) is 6.61 Å². The molecule has 10 heteroatoms. The van der Waals surface area contributed by atoms with Crippen LogP contribution in [0.1, 0.15) is 5.56 Å². The van der Waals surface area contributed by atoms with Crippen LogP contribution in [0.25, 0.3) is 0 Å². The monoisotopic (exact) mass is 387 g/mol. The fraction of sp³-hybridized carbons (Fsp3) is 0.167. The number of carbonyl (C=O) groups excluding carboxylic acids is 2. The van der Waals surface area contributed by atoms with Crippen molar-refractivity contribution in [1.82, 2.24) is 0 Å². The van der Waals surface area contributed by atoms with Gasteiger partial charge < -0.3 is 19.6 Å². The first kappa shape index (κ1) is 20.4. The molecule has 0 aliphatic heterocycles. The normalized spacial score (nSPS) is 10.3. The van der Waals surface area contributed by atoms with Crippen molar-refractivity contribution in [3.8, 4) is 5.75 Å². The van der Waals surface area contributed by atoms with E-state index in [0.717, 1.165) is 5.56 Å². The minimum absolute atomic E-state index is 0.169. The van der Waals surface area contributed by atoms with E-state index in [0.29, 0.717) is 5.75 Å². The van der Waals surface area contributed by atoms with E-state index in [1.54, 1.807) is 31.4 Å². The van der Waals surface area contributed by atoms with Gasteiger partial charge in [-0.05, 0) is 35.9 Å². The Morgan fingerprint density at radius 2 is 1.93 bits per heavy atom. The average molecular weight is 387 g/mol. The van der Waals surface area contributed by atoms with E-state index in [1.807, 2.05) is 0 Å². The largest absolute Gasteiger partial charge is 0.497 e. The number of hydrogen-bond acceptors (Lipinski definition) is 8. The maximum Gasteiger partial charge on any atom is 0.347 e. The third-order valence-corrected chi connectivity index (χ3v) is 3.28. The lowest BCUT2D eigenvalue weighted by atomic mass is 10.2. The number of oxime groups is 1. The van der Waals surface area contributed by atoms with Crippen LogP contribution in [0.2, 0.25) is 0 Å². The zero-order valence-electron chi connectivity index (χ0n) is 14.9. The molecule has 0 saturated carbocycles. The predicted molar refractivity (Wildman–Crippen MR) is 99.2 cm³/mol. The Kier molecular flexibility index (Phi) is 7.46. The molecule has 0 fully saturated rings. The molecule has 2 rings (SSSR count). The first-order valence-electron chi connectivity index (χ1n) is 7.97. The summed E-state index contributed by atoms with van der Waals surface area (Å²) in [5, 5.41) is 16.7. The molecule has 1 amide bonds. The number of methoxy groups -OCH3 is 1. The summed E-state index contributed by atoms with van der Waals surface area (Å²) < 4.78 is 9.76. The molecule has 146 valence electrons. The second-order valence-electron chi connectivity index (χ2n) is 5.30. The van der Waals surface area contributed by atoms with E-state index in [4.69, 9.17) is 14.3 Å². The van der Waals surface area contributed by atoms with Crippen molar-refractivity contribution in [2.75, 3.05) is 25.6 Å². The number of benzene rings is 2. The molecule has 0 atom stereocenters. The minimum atomic E-state index is -0.791. The van der Waals surface area contributed by atoms with E-state index in [2.05, 4.69) is 10.5 Å². The van der Waals surface area contributed by atoms with Gasteiger partial charge in [0.25, 0.3) is 11.6 Å². The van der Waals surface area contributed by atoms with Crippen molar-refractivity contribution in [2.24, 2.45) is 5.16 Å². The number of rotatable bonds is 9. The molecule has 0 saturated heterocycles. The highest BCUT2D eigenvalue weighted by Crippen LogP contribution is 2.16. The van der Waals surface area contributed by atoms with Crippen LogP contribution < -0.4 is 10.1 Å². The van der Waals surface area contributed by atoms with Gasteiger partial charge in [-0.15, -0.1) is 0 Å². The van der Waals surface area contributed by atoms with E-state index in [9.17, 15) is 19.7 Å². The number of carbonyl (C=O) groups is 2. The summed E-state index contributed by atoms with van der Waals surface area (Å²) >= 11 is 0. The van der Waals surface area contributed by atoms with Crippen LogP contribution in [0.3, 0.4) is 0 Å². The Balaban J connectivity index is 1.70. The summed E-state index contributed by atoms with van der Waals surface area (Å²) in [6, 6.07) is 12.4. The highest BCUT2D eigenvalue weighted by molar-refractivity contribution is 5.93. The van der Waals surface area contributed by atoms with Crippen LogP contribution in [0.4, 0.5) is 11.4 Å². The molecular formula is C18H17N3O7. The third-order valence-electron chi connectivity index (χ3n) is 3.28. The van der Waals surface area contributed by atoms with E-state index in [-0.39, 0.29) is 11.4 Å². The Morgan fingerprint density at radius 1 is 1.18 bits per heavy atom. The van der Waals surface area contributed by atoms with Gasteiger partial charge in [-0.25, -0.2) is 4.79 Å². The van der Waals surface area contributed by atoms with Gasteiger partial charge in [-0.3, -0.25) is 14.9 Å². The second kappa shape index (κ2) is 10.3. The average Bonchev–Trinajstić information content (AvgIpc) is 2.70. The Morgan fingerprint density at radius 3 is 2.61 bits per heavy atom. The summed E-state index contributed by atoms with van der Waals surface area (Å²) in [6.45, 7) is -1.04. The fourth-order valence-corrected chi connectivity index (χ4v) is 1.96. The van der Waals surface area contributed by atoms with Crippen LogP contribution in [-0.2, 0) is 19.2 Å². The van der Waals surface area contributed by atoms with Gasteiger partial charge in [-0.2, -0.15) is 0 Å². The molecule has 28 heavy (non-hydrogen) atoms. The zero-order chi connectivity index (χ0) is 20.4. The third kappa shape index (κ3) is 6.75. The molecular weight excluding hydrogens is 370 g/mol. The molecule has 0 aliphatic rings. The fourth-order valence-electron chi connectivity index (χ4n) is 1.96. The summed E-state index contributed by atoms with van der Waals surface area (Å²) in [6.07, 6.45) is 1.40. The number of nitro benzene ring substituents is 1. The van der Waals surface area contributed by atoms with Gasteiger partial charge >= 0.3 is 5.97 Å². The number of non-ortho nitro benzene ring substituents is 1. The second-order valence-corrected chi connectivity index (χ2v) is 5.30. The molecule has 0 aromatic heterocycles. The van der Waals surface area contributed by atoms with E-state index in [1.165, 1.54) is 30.5 Å². The van der Waals surface area contributed by atoms with Crippen LogP contribution in [0.5, 0.6) is 5.75 Å². The predicted octanol–water partition coefficient (Wildman–Crippen LogP) is 2.14. The van der Waals surface area contributed by atoms with E-state index < -0.39 is 30.0 Å². The quantitative estimate of drug-likeness (QED) is 0.302. The number of amides is 1. The molecule has 2 aromatic carbocycles. The van der Waals surface area contributed by atoms with Gasteiger partial charge in [0.15, 0.2) is 6.61 Å². The maximum atomic E-state index is 11.7. The summed E-state index contributed by atoms with van der Waals surface area (Å²) in [5.41, 5.74) is 0.791. The lowest BCUT2D eigenvalue weighted by Gasteiger charge is -2.06. The van der Waals surface area contributed by atoms with Crippen molar-refractivity contribution in [1.29, 1.82) is 0 Å². The van der Waals surface area contributed by atoms with Gasteiger partial charge in [-0.1, -0.05) is 11.2 Å². The summed E-state index contributed by atoms with van der Waals surface area (Å²) in [5.74, 6) is -0.735. The summed E-state index contributed by atoms with van der Waals surface area (Å²) in [4.78, 5) is 38.2. The Bertz CT molecular complexity index is 866. The molecule has 0 aliphatic carbocycles. The molecule has 2 aromatic rings. The molecule has 0 radical (unpaired) electrons. The van der Waals surface area contributed by atoms with Crippen molar-refractivity contribution in [3.05, 3.63) is 64.2 Å². The van der Waals surface area contributed by atoms with Crippen LogP contribution in [-0.4, -0.2) is 43.3 Å². The van der Waals surface area contributed by atoms with Crippen LogP contribution in [0, 0.1) is 10.1 Å². The smallest absolute Gasteiger partial charge is 0.347 e. The number of anilines is 1. The molecule has 10 nitrogen and oxygen atoms in total.